The third-order valence-electron chi connectivity index (χ3n) is 5.64. The van der Waals surface area contributed by atoms with Gasteiger partial charge in [-0.15, -0.1) is 0 Å². The predicted molar refractivity (Wildman–Crippen MR) is 102 cm³/mol. The second kappa shape index (κ2) is 8.73. The van der Waals surface area contributed by atoms with E-state index in [1.807, 2.05) is 23.1 Å². The Labute approximate surface area is 156 Å². The lowest BCUT2D eigenvalue weighted by atomic mass is 10.0. The smallest absolute Gasteiger partial charge is 0.237 e. The van der Waals surface area contributed by atoms with Crippen molar-refractivity contribution in [2.24, 2.45) is 0 Å². The van der Waals surface area contributed by atoms with Crippen LogP contribution in [0.5, 0.6) is 11.5 Å². The molecule has 6 nitrogen and oxygen atoms in total. The Morgan fingerprint density at radius 3 is 2.46 bits per heavy atom. The number of hydrogen-bond donors (Lipinski definition) is 0. The molecule has 1 aromatic carbocycles. The Hall–Kier alpha value is -1.79. The zero-order chi connectivity index (χ0) is 18.5. The van der Waals surface area contributed by atoms with E-state index in [1.54, 1.807) is 14.2 Å². The van der Waals surface area contributed by atoms with Crippen LogP contribution in [-0.2, 0) is 4.79 Å². The SMILES string of the molecule is CCN1CCN(CC(=O)N2CCCC2c2cc(OC)ccc2OC)CC1. The van der Waals surface area contributed by atoms with Gasteiger partial charge in [-0.2, -0.15) is 0 Å². The summed E-state index contributed by atoms with van der Waals surface area (Å²) in [5.74, 6) is 1.85. The van der Waals surface area contributed by atoms with Crippen molar-refractivity contribution in [1.82, 2.24) is 14.7 Å². The average Bonchev–Trinajstić information content (AvgIpc) is 3.18. The van der Waals surface area contributed by atoms with Crippen LogP contribution in [0.3, 0.4) is 0 Å². The molecule has 0 spiro atoms. The van der Waals surface area contributed by atoms with Gasteiger partial charge in [0.25, 0.3) is 0 Å². The number of likely N-dealkylation sites (N-methyl/N-ethyl adjacent to an activating group) is 1. The van der Waals surface area contributed by atoms with Gasteiger partial charge in [0.15, 0.2) is 0 Å². The molecule has 1 amide bonds. The molecule has 6 heteroatoms. The van der Waals surface area contributed by atoms with Crippen LogP contribution in [0.2, 0.25) is 0 Å². The number of likely N-dealkylation sites (tertiary alicyclic amines) is 1. The molecule has 0 aromatic heterocycles. The predicted octanol–water partition coefficient (Wildman–Crippen LogP) is 2.00. The second-order valence-electron chi connectivity index (χ2n) is 7.06. The summed E-state index contributed by atoms with van der Waals surface area (Å²) < 4.78 is 10.9. The lowest BCUT2D eigenvalue weighted by Gasteiger charge is -2.35. The highest BCUT2D eigenvalue weighted by Gasteiger charge is 2.33. The number of ether oxygens (including phenoxy) is 2. The summed E-state index contributed by atoms with van der Waals surface area (Å²) in [5, 5.41) is 0. The molecule has 1 unspecified atom stereocenters. The van der Waals surface area contributed by atoms with Crippen molar-refractivity contribution in [3.63, 3.8) is 0 Å². The number of methoxy groups -OCH3 is 2. The Morgan fingerprint density at radius 1 is 1.08 bits per heavy atom. The van der Waals surface area contributed by atoms with Gasteiger partial charge >= 0.3 is 0 Å². The molecule has 2 aliphatic rings. The topological polar surface area (TPSA) is 45.2 Å². The Bertz CT molecular complexity index is 614. The van der Waals surface area contributed by atoms with Gasteiger partial charge in [0, 0.05) is 38.3 Å². The first-order valence-electron chi connectivity index (χ1n) is 9.62. The van der Waals surface area contributed by atoms with Gasteiger partial charge in [-0.25, -0.2) is 0 Å². The van der Waals surface area contributed by atoms with Crippen LogP contribution in [-0.4, -0.2) is 80.6 Å². The van der Waals surface area contributed by atoms with Gasteiger partial charge in [0.1, 0.15) is 11.5 Å². The number of piperazine rings is 1. The van der Waals surface area contributed by atoms with Gasteiger partial charge in [-0.05, 0) is 37.6 Å². The Balaban J connectivity index is 1.69. The zero-order valence-corrected chi connectivity index (χ0v) is 16.2. The summed E-state index contributed by atoms with van der Waals surface area (Å²) >= 11 is 0. The van der Waals surface area contributed by atoms with Gasteiger partial charge in [-0.1, -0.05) is 6.92 Å². The molecular weight excluding hydrogens is 330 g/mol. The monoisotopic (exact) mass is 361 g/mol. The molecule has 26 heavy (non-hydrogen) atoms. The summed E-state index contributed by atoms with van der Waals surface area (Å²) in [6.45, 7) is 8.66. The fourth-order valence-electron chi connectivity index (χ4n) is 4.03. The van der Waals surface area contributed by atoms with Gasteiger partial charge < -0.3 is 19.3 Å². The molecule has 0 aliphatic carbocycles. The summed E-state index contributed by atoms with van der Waals surface area (Å²) in [7, 11) is 3.35. The molecule has 2 aliphatic heterocycles. The minimum Gasteiger partial charge on any atom is -0.497 e. The molecule has 144 valence electrons. The minimum atomic E-state index is 0.0736. The van der Waals surface area contributed by atoms with Crippen molar-refractivity contribution in [3.05, 3.63) is 23.8 Å². The van der Waals surface area contributed by atoms with E-state index in [1.165, 1.54) is 0 Å². The Kier molecular flexibility index (Phi) is 6.38. The van der Waals surface area contributed by atoms with Crippen LogP contribution >= 0.6 is 0 Å². The van der Waals surface area contributed by atoms with Crippen molar-refractivity contribution >= 4 is 5.91 Å². The standard InChI is InChI=1S/C20H31N3O3/c1-4-21-10-12-22(13-11-21)15-20(24)23-9-5-6-18(23)17-14-16(25-2)7-8-19(17)26-3/h7-8,14,18H,4-6,9-13,15H2,1-3H3. The molecule has 0 N–H and O–H groups in total. The van der Waals surface area contributed by atoms with Crippen molar-refractivity contribution < 1.29 is 14.3 Å². The van der Waals surface area contributed by atoms with Crippen molar-refractivity contribution in [1.29, 1.82) is 0 Å². The number of amides is 1. The minimum absolute atomic E-state index is 0.0736. The first-order chi connectivity index (χ1) is 12.7. The number of carbonyl (C=O) groups is 1. The maximum absolute atomic E-state index is 13.0. The van der Waals surface area contributed by atoms with Crippen LogP contribution in [0.4, 0.5) is 0 Å². The van der Waals surface area contributed by atoms with Gasteiger partial charge in [0.2, 0.25) is 5.91 Å². The third kappa shape index (κ3) is 4.13. The van der Waals surface area contributed by atoms with Gasteiger partial charge in [0.05, 0.1) is 26.8 Å². The highest BCUT2D eigenvalue weighted by Crippen LogP contribution is 2.38. The molecule has 0 bridgehead atoms. The molecule has 2 saturated heterocycles. The summed E-state index contributed by atoms with van der Waals surface area (Å²) in [6.07, 6.45) is 2.00. The molecule has 3 rings (SSSR count). The number of hydrogen-bond acceptors (Lipinski definition) is 5. The molecule has 1 aromatic rings. The average molecular weight is 361 g/mol. The van der Waals surface area contributed by atoms with E-state index in [0.29, 0.717) is 6.54 Å². The summed E-state index contributed by atoms with van der Waals surface area (Å²) in [4.78, 5) is 19.7. The molecule has 2 heterocycles. The number of carbonyl (C=O) groups excluding carboxylic acids is 1. The van der Waals surface area contributed by atoms with Crippen LogP contribution in [0.25, 0.3) is 0 Å². The number of rotatable bonds is 6. The van der Waals surface area contributed by atoms with Gasteiger partial charge in [-0.3, -0.25) is 9.69 Å². The van der Waals surface area contributed by atoms with E-state index < -0.39 is 0 Å². The number of benzene rings is 1. The summed E-state index contributed by atoms with van der Waals surface area (Å²) in [5.41, 5.74) is 1.05. The van der Waals surface area contributed by atoms with Crippen LogP contribution < -0.4 is 9.47 Å². The highest BCUT2D eigenvalue weighted by atomic mass is 16.5. The van der Waals surface area contributed by atoms with E-state index in [9.17, 15) is 4.79 Å². The fraction of sp³-hybridized carbons (Fsp3) is 0.650. The molecule has 0 saturated carbocycles. The molecule has 1 atom stereocenters. The quantitative estimate of drug-likeness (QED) is 0.776. The molecule has 0 radical (unpaired) electrons. The maximum atomic E-state index is 13.0. The van der Waals surface area contributed by atoms with Crippen molar-refractivity contribution in [3.8, 4) is 11.5 Å². The van der Waals surface area contributed by atoms with Crippen LogP contribution in [0.15, 0.2) is 18.2 Å². The van der Waals surface area contributed by atoms with Crippen molar-refractivity contribution in [2.45, 2.75) is 25.8 Å². The zero-order valence-electron chi connectivity index (χ0n) is 16.2. The van der Waals surface area contributed by atoms with Crippen LogP contribution in [0.1, 0.15) is 31.4 Å². The van der Waals surface area contributed by atoms with E-state index >= 15 is 0 Å². The summed E-state index contributed by atoms with van der Waals surface area (Å²) in [6, 6.07) is 5.91. The van der Waals surface area contributed by atoms with E-state index in [0.717, 1.165) is 69.2 Å². The largest absolute Gasteiger partial charge is 0.497 e. The first-order valence-corrected chi connectivity index (χ1v) is 9.62. The normalized spacial score (nSPS) is 21.8. The third-order valence-corrected chi connectivity index (χ3v) is 5.64. The van der Waals surface area contributed by atoms with E-state index in [4.69, 9.17) is 9.47 Å². The van der Waals surface area contributed by atoms with Crippen molar-refractivity contribution in [2.75, 3.05) is 60.0 Å². The first kappa shape index (κ1) is 19.0. The van der Waals surface area contributed by atoms with E-state index in [-0.39, 0.29) is 11.9 Å². The van der Waals surface area contributed by atoms with E-state index in [2.05, 4.69) is 16.7 Å². The lowest BCUT2D eigenvalue weighted by Crippen LogP contribution is -2.49. The fourth-order valence-corrected chi connectivity index (χ4v) is 4.03. The molecule has 2 fully saturated rings. The van der Waals surface area contributed by atoms with Crippen LogP contribution in [0, 0.1) is 0 Å². The number of nitrogens with zero attached hydrogens (tertiary/aromatic N) is 3. The molecular formula is C20H31N3O3. The second-order valence-corrected chi connectivity index (χ2v) is 7.06. The maximum Gasteiger partial charge on any atom is 0.237 e. The lowest BCUT2D eigenvalue weighted by molar-refractivity contribution is -0.133. The Morgan fingerprint density at radius 2 is 1.81 bits per heavy atom. The highest BCUT2D eigenvalue weighted by molar-refractivity contribution is 5.79.